The summed E-state index contributed by atoms with van der Waals surface area (Å²) in [6.07, 6.45) is 1.20. The Labute approximate surface area is 79.8 Å². The lowest BCUT2D eigenvalue weighted by molar-refractivity contribution is 0.406. The lowest BCUT2D eigenvalue weighted by atomic mass is 10.2. The van der Waals surface area contributed by atoms with Crippen molar-refractivity contribution in [3.63, 3.8) is 0 Å². The van der Waals surface area contributed by atoms with Gasteiger partial charge in [-0.3, -0.25) is 4.90 Å². The maximum atomic E-state index is 2.43. The maximum absolute atomic E-state index is 2.43. The zero-order chi connectivity index (χ0) is 9.26. The van der Waals surface area contributed by atoms with Crippen molar-refractivity contribution in [3.8, 4) is 0 Å². The minimum atomic E-state index is 1.02. The summed E-state index contributed by atoms with van der Waals surface area (Å²) in [7, 11) is 4.22. The second-order valence-corrected chi connectivity index (χ2v) is 3.86. The highest BCUT2D eigenvalue weighted by atomic mass is 15.3. The largest absolute Gasteiger partial charge is 0.358 e. The molecule has 0 aromatic heterocycles. The summed E-state index contributed by atoms with van der Waals surface area (Å²) in [5.41, 5.74) is 2.90. The Bertz CT molecular complexity index is 294. The van der Waals surface area contributed by atoms with E-state index in [4.69, 9.17) is 0 Å². The fraction of sp³-hybridized carbons (Fsp3) is 0.455. The van der Waals surface area contributed by atoms with Crippen LogP contribution in [0.25, 0.3) is 0 Å². The van der Waals surface area contributed by atoms with Crippen molar-refractivity contribution in [1.82, 2.24) is 4.90 Å². The van der Waals surface area contributed by atoms with Crippen LogP contribution in [0.3, 0.4) is 0 Å². The quantitative estimate of drug-likeness (QED) is 0.675. The predicted octanol–water partition coefficient (Wildman–Crippen LogP) is 1.57. The van der Waals surface area contributed by atoms with E-state index in [9.17, 15) is 0 Å². The van der Waals surface area contributed by atoms with Gasteiger partial charge in [-0.15, -0.1) is 0 Å². The second kappa shape index (κ2) is 3.38. The molecular formula is C11H16N2. The molecule has 2 rings (SSSR count). The highest BCUT2D eigenvalue weighted by Gasteiger charge is 2.17. The molecule has 0 spiro atoms. The van der Waals surface area contributed by atoms with E-state index in [0.29, 0.717) is 0 Å². The van der Waals surface area contributed by atoms with Crippen LogP contribution < -0.4 is 4.90 Å². The van der Waals surface area contributed by atoms with E-state index >= 15 is 0 Å². The Morgan fingerprint density at radius 1 is 1.31 bits per heavy atom. The molecule has 0 aliphatic carbocycles. The highest BCUT2D eigenvalue weighted by Crippen LogP contribution is 2.26. The third-order valence-corrected chi connectivity index (χ3v) is 2.44. The number of para-hydroxylation sites is 1. The van der Waals surface area contributed by atoms with Gasteiger partial charge in [0.25, 0.3) is 0 Å². The number of fused-ring (bicyclic) bond motifs is 1. The minimum absolute atomic E-state index is 1.02. The Morgan fingerprint density at radius 2 is 2.08 bits per heavy atom. The number of nitrogens with zero attached hydrogens (tertiary/aromatic N) is 2. The molecule has 0 bridgehead atoms. The normalized spacial score (nSPS) is 15.2. The first-order valence-electron chi connectivity index (χ1n) is 4.75. The van der Waals surface area contributed by atoms with Gasteiger partial charge < -0.3 is 4.90 Å². The zero-order valence-electron chi connectivity index (χ0n) is 8.33. The molecule has 0 amide bonds. The van der Waals surface area contributed by atoms with Gasteiger partial charge in [0.05, 0.1) is 6.67 Å². The molecule has 0 radical (unpaired) electrons. The molecule has 1 aliphatic rings. The molecule has 13 heavy (non-hydrogen) atoms. The summed E-state index contributed by atoms with van der Waals surface area (Å²) >= 11 is 0. The average molecular weight is 176 g/mol. The van der Waals surface area contributed by atoms with Crippen LogP contribution in [0.2, 0.25) is 0 Å². The van der Waals surface area contributed by atoms with Crippen molar-refractivity contribution < 1.29 is 0 Å². The van der Waals surface area contributed by atoms with Crippen molar-refractivity contribution >= 4 is 5.69 Å². The number of hydrogen-bond acceptors (Lipinski definition) is 2. The molecule has 0 unspecified atom stereocenters. The van der Waals surface area contributed by atoms with E-state index in [1.165, 1.54) is 17.7 Å². The predicted molar refractivity (Wildman–Crippen MR) is 56.0 cm³/mol. The van der Waals surface area contributed by atoms with Gasteiger partial charge in [0.1, 0.15) is 0 Å². The van der Waals surface area contributed by atoms with E-state index in [-0.39, 0.29) is 0 Å². The Morgan fingerprint density at radius 3 is 2.85 bits per heavy atom. The maximum Gasteiger partial charge on any atom is 0.0702 e. The molecule has 1 heterocycles. The van der Waals surface area contributed by atoms with Gasteiger partial charge >= 0.3 is 0 Å². The fourth-order valence-electron chi connectivity index (χ4n) is 1.89. The van der Waals surface area contributed by atoms with Gasteiger partial charge in [-0.1, -0.05) is 18.2 Å². The molecule has 2 heteroatoms. The minimum Gasteiger partial charge on any atom is -0.358 e. The smallest absolute Gasteiger partial charge is 0.0702 e. The van der Waals surface area contributed by atoms with Gasteiger partial charge in [-0.2, -0.15) is 0 Å². The van der Waals surface area contributed by atoms with Crippen molar-refractivity contribution in [1.29, 1.82) is 0 Å². The topological polar surface area (TPSA) is 6.48 Å². The van der Waals surface area contributed by atoms with Crippen LogP contribution in [0.1, 0.15) is 5.56 Å². The monoisotopic (exact) mass is 176 g/mol. The fourth-order valence-corrected chi connectivity index (χ4v) is 1.89. The summed E-state index contributed by atoms with van der Waals surface area (Å²) in [6, 6.07) is 8.68. The van der Waals surface area contributed by atoms with Crippen LogP contribution >= 0.6 is 0 Å². The molecule has 70 valence electrons. The van der Waals surface area contributed by atoms with Crippen molar-refractivity contribution in [2.45, 2.75) is 6.42 Å². The molecule has 0 N–H and O–H groups in total. The van der Waals surface area contributed by atoms with Crippen LogP contribution in [-0.4, -0.2) is 32.2 Å². The third kappa shape index (κ3) is 1.68. The first kappa shape index (κ1) is 8.57. The van der Waals surface area contributed by atoms with Crippen LogP contribution in [0.15, 0.2) is 24.3 Å². The third-order valence-electron chi connectivity index (χ3n) is 2.44. The molecule has 0 saturated heterocycles. The SMILES string of the molecule is CN(C)CN1CCc2ccccc21. The molecule has 1 aromatic carbocycles. The number of benzene rings is 1. The van der Waals surface area contributed by atoms with Crippen molar-refractivity contribution in [3.05, 3.63) is 29.8 Å². The van der Waals surface area contributed by atoms with E-state index < -0.39 is 0 Å². The Balaban J connectivity index is 2.18. The summed E-state index contributed by atoms with van der Waals surface area (Å²) in [5, 5.41) is 0. The van der Waals surface area contributed by atoms with E-state index in [2.05, 4.69) is 48.2 Å². The number of anilines is 1. The second-order valence-electron chi connectivity index (χ2n) is 3.86. The van der Waals surface area contributed by atoms with E-state index in [1.807, 2.05) is 0 Å². The Hall–Kier alpha value is -1.02. The summed E-state index contributed by atoms with van der Waals surface area (Å²) in [4.78, 5) is 4.64. The average Bonchev–Trinajstić information content (AvgIpc) is 2.48. The lowest BCUT2D eigenvalue weighted by Crippen LogP contribution is -2.31. The van der Waals surface area contributed by atoms with Gasteiger partial charge in [-0.25, -0.2) is 0 Å². The van der Waals surface area contributed by atoms with Crippen LogP contribution in [0.5, 0.6) is 0 Å². The summed E-state index contributed by atoms with van der Waals surface area (Å²) < 4.78 is 0. The van der Waals surface area contributed by atoms with Crippen molar-refractivity contribution in [2.75, 3.05) is 32.2 Å². The highest BCUT2D eigenvalue weighted by molar-refractivity contribution is 5.57. The van der Waals surface area contributed by atoms with E-state index in [1.54, 1.807) is 0 Å². The van der Waals surface area contributed by atoms with Crippen LogP contribution in [-0.2, 0) is 6.42 Å². The van der Waals surface area contributed by atoms with Gasteiger partial charge in [0, 0.05) is 12.2 Å². The molecule has 0 fully saturated rings. The van der Waals surface area contributed by atoms with Gasteiger partial charge in [0.15, 0.2) is 0 Å². The van der Waals surface area contributed by atoms with Crippen molar-refractivity contribution in [2.24, 2.45) is 0 Å². The molecule has 0 saturated carbocycles. The number of hydrogen-bond donors (Lipinski definition) is 0. The van der Waals surface area contributed by atoms with Crippen LogP contribution in [0, 0.1) is 0 Å². The molecule has 1 aliphatic heterocycles. The molecule has 2 nitrogen and oxygen atoms in total. The lowest BCUT2D eigenvalue weighted by Gasteiger charge is -2.23. The van der Waals surface area contributed by atoms with E-state index in [0.717, 1.165) is 13.2 Å². The molecule has 0 atom stereocenters. The summed E-state index contributed by atoms with van der Waals surface area (Å²) in [5.74, 6) is 0. The first-order valence-corrected chi connectivity index (χ1v) is 4.75. The zero-order valence-corrected chi connectivity index (χ0v) is 8.33. The molecular weight excluding hydrogens is 160 g/mol. The number of rotatable bonds is 2. The summed E-state index contributed by atoms with van der Waals surface area (Å²) in [6.45, 7) is 2.19. The molecule has 1 aromatic rings. The van der Waals surface area contributed by atoms with Crippen LogP contribution in [0.4, 0.5) is 5.69 Å². The van der Waals surface area contributed by atoms with Gasteiger partial charge in [0.2, 0.25) is 0 Å². The Kier molecular flexibility index (Phi) is 2.23. The standard InChI is InChI=1S/C11H16N2/c1-12(2)9-13-8-7-10-5-3-4-6-11(10)13/h3-6H,7-9H2,1-2H3. The van der Waals surface area contributed by atoms with Gasteiger partial charge in [-0.05, 0) is 32.1 Å². The first-order chi connectivity index (χ1) is 6.27.